The molecule has 0 bridgehead atoms. The number of nitrogens with zero attached hydrogens (tertiary/aromatic N) is 1. The van der Waals surface area contributed by atoms with Gasteiger partial charge in [-0.1, -0.05) is 11.6 Å². The molecule has 0 aliphatic carbocycles. The van der Waals surface area contributed by atoms with Gasteiger partial charge in [-0.2, -0.15) is 0 Å². The summed E-state index contributed by atoms with van der Waals surface area (Å²) in [5.41, 5.74) is 5.86. The van der Waals surface area contributed by atoms with E-state index in [2.05, 4.69) is 0 Å². The molecule has 1 aliphatic heterocycles. The van der Waals surface area contributed by atoms with Crippen LogP contribution in [0.15, 0.2) is 18.2 Å². The van der Waals surface area contributed by atoms with Gasteiger partial charge < -0.3 is 25.2 Å². The molecule has 0 saturated carbocycles. The van der Waals surface area contributed by atoms with Gasteiger partial charge in [-0.3, -0.25) is 4.79 Å². The average Bonchev–Trinajstić information content (AvgIpc) is 2.88. The fourth-order valence-electron chi connectivity index (χ4n) is 2.38. The number of nitrogens with two attached hydrogens (primary N) is 1. The number of benzene rings is 1. The molecule has 0 spiro atoms. The first-order chi connectivity index (χ1) is 10.6. The molecule has 0 radical (unpaired) electrons. The third kappa shape index (κ3) is 3.89. The molecule has 122 valence electrons. The van der Waals surface area contributed by atoms with E-state index in [0.29, 0.717) is 42.5 Å². The van der Waals surface area contributed by atoms with Gasteiger partial charge in [-0.25, -0.2) is 0 Å². The van der Waals surface area contributed by atoms with E-state index in [1.165, 1.54) is 7.11 Å². The van der Waals surface area contributed by atoms with Crippen LogP contribution in [0.25, 0.3) is 0 Å². The van der Waals surface area contributed by atoms with Gasteiger partial charge in [0.25, 0.3) is 5.91 Å². The number of rotatable bonds is 6. The lowest BCUT2D eigenvalue weighted by atomic mass is 10.1. The summed E-state index contributed by atoms with van der Waals surface area (Å²) < 4.78 is 10.8. The molecule has 22 heavy (non-hydrogen) atoms. The van der Waals surface area contributed by atoms with Crippen LogP contribution in [0.3, 0.4) is 0 Å². The smallest absolute Gasteiger partial charge is 0.257 e. The number of methoxy groups -OCH3 is 1. The van der Waals surface area contributed by atoms with E-state index in [4.69, 9.17) is 26.8 Å². The zero-order valence-electron chi connectivity index (χ0n) is 12.5. The molecule has 2 rings (SSSR count). The number of halogens is 1. The first-order valence-electron chi connectivity index (χ1n) is 7.19. The molecule has 0 unspecified atom stereocenters. The molecule has 2 atom stereocenters. The Bertz CT molecular complexity index is 526. The van der Waals surface area contributed by atoms with E-state index in [-0.39, 0.29) is 18.6 Å². The molecule has 1 aromatic rings. The second-order valence-corrected chi connectivity index (χ2v) is 5.62. The summed E-state index contributed by atoms with van der Waals surface area (Å²) in [7, 11) is 1.52. The predicted octanol–water partition coefficient (Wildman–Crippen LogP) is 0.899. The minimum Gasteiger partial charge on any atom is -0.493 e. The van der Waals surface area contributed by atoms with E-state index in [1.807, 2.05) is 0 Å². The third-order valence-corrected chi connectivity index (χ3v) is 3.84. The molecular weight excluding hydrogens is 308 g/mol. The summed E-state index contributed by atoms with van der Waals surface area (Å²) in [6.07, 6.45) is -0.352. The first-order valence-corrected chi connectivity index (χ1v) is 7.57. The van der Waals surface area contributed by atoms with E-state index < -0.39 is 6.10 Å². The molecule has 1 amide bonds. The molecule has 1 aliphatic rings. The third-order valence-electron chi connectivity index (χ3n) is 3.61. The summed E-state index contributed by atoms with van der Waals surface area (Å²) in [6.45, 7) is 1.52. The van der Waals surface area contributed by atoms with E-state index >= 15 is 0 Å². The molecule has 0 aromatic heterocycles. The van der Waals surface area contributed by atoms with Crippen LogP contribution in [-0.4, -0.2) is 61.5 Å². The quantitative estimate of drug-likeness (QED) is 0.758. The Hall–Kier alpha value is -1.34. The van der Waals surface area contributed by atoms with Gasteiger partial charge >= 0.3 is 0 Å². The van der Waals surface area contributed by atoms with Gasteiger partial charge in [0.05, 0.1) is 18.3 Å². The number of β-amino-alcohol motifs (C(OH)–C–C–N with tert-alkyl or cyclic N) is 1. The predicted molar refractivity (Wildman–Crippen MR) is 83.3 cm³/mol. The van der Waals surface area contributed by atoms with Crippen molar-refractivity contribution in [1.82, 2.24) is 4.90 Å². The highest BCUT2D eigenvalue weighted by molar-refractivity contribution is 6.30. The Morgan fingerprint density at radius 3 is 2.91 bits per heavy atom. The highest BCUT2D eigenvalue weighted by Gasteiger charge is 2.35. The fraction of sp³-hybridized carbons (Fsp3) is 0.533. The van der Waals surface area contributed by atoms with Crippen LogP contribution in [0.4, 0.5) is 0 Å². The normalized spacial score (nSPS) is 21.2. The van der Waals surface area contributed by atoms with Gasteiger partial charge in [0.15, 0.2) is 0 Å². The topological polar surface area (TPSA) is 85.0 Å². The number of carbonyl (C=O) groups excluding carboxylic acids is 1. The average molecular weight is 329 g/mol. The summed E-state index contributed by atoms with van der Waals surface area (Å²) in [5, 5.41) is 10.4. The van der Waals surface area contributed by atoms with Crippen LogP contribution in [0.2, 0.25) is 5.02 Å². The van der Waals surface area contributed by atoms with Gasteiger partial charge in [0.2, 0.25) is 0 Å². The van der Waals surface area contributed by atoms with Crippen molar-refractivity contribution in [2.45, 2.75) is 18.6 Å². The lowest BCUT2D eigenvalue weighted by Gasteiger charge is -2.18. The molecule has 3 N–H and O–H groups in total. The van der Waals surface area contributed by atoms with Gasteiger partial charge in [0.1, 0.15) is 11.9 Å². The van der Waals surface area contributed by atoms with Gasteiger partial charge in [0, 0.05) is 25.2 Å². The van der Waals surface area contributed by atoms with Crippen LogP contribution in [-0.2, 0) is 4.74 Å². The monoisotopic (exact) mass is 328 g/mol. The van der Waals surface area contributed by atoms with Crippen molar-refractivity contribution in [3.05, 3.63) is 28.8 Å². The van der Waals surface area contributed by atoms with Crippen LogP contribution >= 0.6 is 11.6 Å². The number of aliphatic hydroxyl groups is 1. The maximum Gasteiger partial charge on any atom is 0.257 e. The highest BCUT2D eigenvalue weighted by Crippen LogP contribution is 2.26. The molecule has 1 heterocycles. The zero-order valence-corrected chi connectivity index (χ0v) is 13.3. The minimum atomic E-state index is -0.678. The van der Waals surface area contributed by atoms with Crippen molar-refractivity contribution in [3.63, 3.8) is 0 Å². The molecular formula is C15H21ClN2O4. The van der Waals surface area contributed by atoms with E-state index in [9.17, 15) is 9.90 Å². The number of amides is 1. The second-order valence-electron chi connectivity index (χ2n) is 5.18. The Balaban J connectivity index is 2.15. The summed E-state index contributed by atoms with van der Waals surface area (Å²) >= 11 is 5.97. The number of ether oxygens (including phenoxy) is 2. The Morgan fingerprint density at radius 2 is 2.27 bits per heavy atom. The van der Waals surface area contributed by atoms with Crippen molar-refractivity contribution < 1.29 is 19.4 Å². The van der Waals surface area contributed by atoms with Crippen molar-refractivity contribution in [2.24, 2.45) is 5.73 Å². The molecule has 7 heteroatoms. The number of hydrogen-bond donors (Lipinski definition) is 2. The molecule has 6 nitrogen and oxygen atoms in total. The Morgan fingerprint density at radius 1 is 1.50 bits per heavy atom. The van der Waals surface area contributed by atoms with Crippen LogP contribution < -0.4 is 10.5 Å². The van der Waals surface area contributed by atoms with Crippen LogP contribution in [0.1, 0.15) is 16.8 Å². The highest BCUT2D eigenvalue weighted by atomic mass is 35.5. The number of likely N-dealkylation sites (tertiary alicyclic amines) is 1. The van der Waals surface area contributed by atoms with Crippen LogP contribution in [0, 0.1) is 0 Å². The maximum absolute atomic E-state index is 12.6. The zero-order chi connectivity index (χ0) is 16.1. The van der Waals surface area contributed by atoms with Gasteiger partial charge in [-0.15, -0.1) is 0 Å². The van der Waals surface area contributed by atoms with Gasteiger partial charge in [-0.05, 0) is 31.2 Å². The second kappa shape index (κ2) is 7.78. The largest absolute Gasteiger partial charge is 0.493 e. The fourth-order valence-corrected chi connectivity index (χ4v) is 2.54. The SMILES string of the molecule is CO[C@H]1CN(C(=O)c2ccc(Cl)cc2OCCCN)C[C@@H]1O. The number of aliphatic hydroxyl groups excluding tert-OH is 1. The molecule has 1 saturated heterocycles. The maximum atomic E-state index is 12.6. The minimum absolute atomic E-state index is 0.210. The molecule has 1 aromatic carbocycles. The lowest BCUT2D eigenvalue weighted by molar-refractivity contribution is 0.0215. The summed E-state index contributed by atoms with van der Waals surface area (Å²) in [4.78, 5) is 14.2. The van der Waals surface area contributed by atoms with E-state index in [0.717, 1.165) is 0 Å². The summed E-state index contributed by atoms with van der Waals surface area (Å²) in [6, 6.07) is 4.89. The molecule has 1 fully saturated rings. The lowest BCUT2D eigenvalue weighted by Crippen LogP contribution is -2.30. The number of carbonyl (C=O) groups is 1. The van der Waals surface area contributed by atoms with Crippen molar-refractivity contribution in [1.29, 1.82) is 0 Å². The Labute approximate surface area is 134 Å². The van der Waals surface area contributed by atoms with Crippen molar-refractivity contribution in [2.75, 3.05) is 33.4 Å². The Kier molecular flexibility index (Phi) is 6.02. The number of hydrogen-bond acceptors (Lipinski definition) is 5. The summed E-state index contributed by atoms with van der Waals surface area (Å²) in [5.74, 6) is 0.222. The van der Waals surface area contributed by atoms with Crippen LogP contribution in [0.5, 0.6) is 5.75 Å². The standard InChI is InChI=1S/C15H21ClN2O4/c1-21-14-9-18(8-12(14)19)15(20)11-4-3-10(16)7-13(11)22-6-2-5-17/h3-4,7,12,14,19H,2,5-6,8-9,17H2,1H3/t12-,14-/m0/s1. The van der Waals surface area contributed by atoms with Crippen molar-refractivity contribution in [3.8, 4) is 5.75 Å². The van der Waals surface area contributed by atoms with Crippen molar-refractivity contribution >= 4 is 17.5 Å². The first kappa shape index (κ1) is 17.0. The van der Waals surface area contributed by atoms with E-state index in [1.54, 1.807) is 23.1 Å².